The summed E-state index contributed by atoms with van der Waals surface area (Å²) in [5.41, 5.74) is 0. The predicted molar refractivity (Wildman–Crippen MR) is 71.8 cm³/mol. The van der Waals surface area contributed by atoms with Gasteiger partial charge in [-0.2, -0.15) is 0 Å². The van der Waals surface area contributed by atoms with Crippen LogP contribution in [0.1, 0.15) is 45.4 Å². The van der Waals surface area contributed by atoms with Gasteiger partial charge in [-0.15, -0.1) is 0 Å². The van der Waals surface area contributed by atoms with Gasteiger partial charge in [-0.05, 0) is 25.7 Å². The van der Waals surface area contributed by atoms with E-state index in [0.29, 0.717) is 13.2 Å². The van der Waals surface area contributed by atoms with Crippen molar-refractivity contribution in [2.24, 2.45) is 0 Å². The molecule has 1 aliphatic heterocycles. The second-order valence-corrected chi connectivity index (χ2v) is 4.68. The number of morpholine rings is 1. The Bertz CT molecular complexity index is 172. The number of unbranched alkanes of at least 4 members (excludes halogenated alkanes) is 4. The fourth-order valence-corrected chi connectivity index (χ4v) is 1.85. The molecule has 4 nitrogen and oxygen atoms in total. The Morgan fingerprint density at radius 3 is 2.56 bits per heavy atom. The molecular formula is C14H28NO3. The lowest BCUT2D eigenvalue weighted by Gasteiger charge is -2.22. The van der Waals surface area contributed by atoms with E-state index in [4.69, 9.17) is 14.2 Å². The summed E-state index contributed by atoms with van der Waals surface area (Å²) in [4.78, 5) is 0. The minimum absolute atomic E-state index is 0.0935. The number of nitrogens with zero attached hydrogens (tertiary/aromatic N) is 1. The number of ether oxygens (including phenoxy) is 3. The fraction of sp³-hybridized carbons (Fsp3) is 1.00. The van der Waals surface area contributed by atoms with Gasteiger partial charge in [-0.3, -0.25) is 0 Å². The molecule has 0 saturated carbocycles. The highest BCUT2D eigenvalue weighted by molar-refractivity contribution is 4.57. The van der Waals surface area contributed by atoms with Crippen LogP contribution in [0.2, 0.25) is 0 Å². The molecule has 0 aliphatic carbocycles. The van der Waals surface area contributed by atoms with E-state index in [0.717, 1.165) is 45.6 Å². The first-order valence-corrected chi connectivity index (χ1v) is 7.37. The van der Waals surface area contributed by atoms with Gasteiger partial charge in [0.15, 0.2) is 6.29 Å². The topological polar surface area (TPSA) is 41.8 Å². The second kappa shape index (κ2) is 11.9. The molecule has 1 fully saturated rings. The van der Waals surface area contributed by atoms with Crippen LogP contribution in [-0.2, 0) is 14.2 Å². The minimum atomic E-state index is -0.0935. The van der Waals surface area contributed by atoms with E-state index in [1.54, 1.807) is 0 Å². The molecule has 18 heavy (non-hydrogen) atoms. The van der Waals surface area contributed by atoms with Gasteiger partial charge >= 0.3 is 0 Å². The van der Waals surface area contributed by atoms with Crippen molar-refractivity contribution in [1.82, 2.24) is 5.32 Å². The van der Waals surface area contributed by atoms with Gasteiger partial charge < -0.3 is 14.2 Å². The van der Waals surface area contributed by atoms with Gasteiger partial charge in [0.1, 0.15) is 0 Å². The molecule has 0 spiro atoms. The summed E-state index contributed by atoms with van der Waals surface area (Å²) < 4.78 is 16.6. The highest BCUT2D eigenvalue weighted by Gasteiger charge is 2.13. The first kappa shape index (κ1) is 15.9. The summed E-state index contributed by atoms with van der Waals surface area (Å²) in [6, 6.07) is 0. The zero-order chi connectivity index (χ0) is 12.9. The lowest BCUT2D eigenvalue weighted by Crippen LogP contribution is -2.36. The number of hydrogen-bond donors (Lipinski definition) is 0. The normalized spacial score (nSPS) is 20.2. The van der Waals surface area contributed by atoms with E-state index in [1.165, 1.54) is 19.3 Å². The first-order valence-electron chi connectivity index (χ1n) is 7.37. The summed E-state index contributed by atoms with van der Waals surface area (Å²) >= 11 is 0. The first-order chi connectivity index (χ1) is 8.93. The summed E-state index contributed by atoms with van der Waals surface area (Å²) in [5.74, 6) is 0. The van der Waals surface area contributed by atoms with Crippen LogP contribution in [0.25, 0.3) is 0 Å². The molecule has 1 radical (unpaired) electrons. The Kier molecular flexibility index (Phi) is 10.5. The van der Waals surface area contributed by atoms with Crippen molar-refractivity contribution < 1.29 is 14.2 Å². The molecule has 0 aromatic carbocycles. The minimum Gasteiger partial charge on any atom is -0.381 e. The smallest absolute Gasteiger partial charge is 0.171 e. The lowest BCUT2D eigenvalue weighted by atomic mass is 10.2. The third-order valence-corrected chi connectivity index (χ3v) is 2.96. The lowest BCUT2D eigenvalue weighted by molar-refractivity contribution is -0.154. The molecule has 1 unspecified atom stereocenters. The maximum absolute atomic E-state index is 5.59. The van der Waals surface area contributed by atoms with Crippen molar-refractivity contribution in [3.05, 3.63) is 0 Å². The van der Waals surface area contributed by atoms with Crippen molar-refractivity contribution in [2.75, 3.05) is 39.5 Å². The maximum atomic E-state index is 5.59. The highest BCUT2D eigenvalue weighted by Crippen LogP contribution is 2.03. The number of rotatable bonds is 11. The molecule has 0 amide bonds. The van der Waals surface area contributed by atoms with Gasteiger partial charge in [0.2, 0.25) is 0 Å². The molecular weight excluding hydrogens is 230 g/mol. The molecule has 0 N–H and O–H groups in total. The van der Waals surface area contributed by atoms with Gasteiger partial charge in [-0.1, -0.05) is 19.8 Å². The molecule has 1 atom stereocenters. The van der Waals surface area contributed by atoms with E-state index in [1.807, 2.05) is 0 Å². The van der Waals surface area contributed by atoms with Gasteiger partial charge in [0.25, 0.3) is 0 Å². The van der Waals surface area contributed by atoms with E-state index < -0.39 is 0 Å². The molecule has 0 bridgehead atoms. The van der Waals surface area contributed by atoms with Crippen LogP contribution in [0.15, 0.2) is 0 Å². The zero-order valence-corrected chi connectivity index (χ0v) is 11.7. The molecule has 0 aromatic rings. The van der Waals surface area contributed by atoms with Crippen molar-refractivity contribution in [2.45, 2.75) is 51.7 Å². The summed E-state index contributed by atoms with van der Waals surface area (Å²) in [7, 11) is 0. The monoisotopic (exact) mass is 258 g/mol. The van der Waals surface area contributed by atoms with E-state index in [-0.39, 0.29) is 6.29 Å². The Labute approximate surface area is 111 Å². The van der Waals surface area contributed by atoms with Gasteiger partial charge in [0.05, 0.1) is 13.2 Å². The zero-order valence-electron chi connectivity index (χ0n) is 11.7. The highest BCUT2D eigenvalue weighted by atomic mass is 16.7. The van der Waals surface area contributed by atoms with Crippen molar-refractivity contribution in [1.29, 1.82) is 0 Å². The molecule has 107 valence electrons. The summed E-state index contributed by atoms with van der Waals surface area (Å²) in [5, 5.41) is 4.25. The van der Waals surface area contributed by atoms with Crippen molar-refractivity contribution in [3.8, 4) is 0 Å². The average molecular weight is 258 g/mol. The summed E-state index contributed by atoms with van der Waals surface area (Å²) in [6.07, 6.45) is 7.02. The second-order valence-electron chi connectivity index (χ2n) is 4.68. The Balaban J connectivity index is 1.73. The third-order valence-electron chi connectivity index (χ3n) is 2.96. The van der Waals surface area contributed by atoms with Gasteiger partial charge in [-0.25, -0.2) is 5.32 Å². The van der Waals surface area contributed by atoms with Crippen LogP contribution < -0.4 is 5.32 Å². The van der Waals surface area contributed by atoms with Crippen LogP contribution in [-0.4, -0.2) is 45.8 Å². The van der Waals surface area contributed by atoms with Crippen molar-refractivity contribution in [3.63, 3.8) is 0 Å². The molecule has 1 aliphatic rings. The quantitative estimate of drug-likeness (QED) is 0.534. The van der Waals surface area contributed by atoms with E-state index in [9.17, 15) is 0 Å². The van der Waals surface area contributed by atoms with E-state index >= 15 is 0 Å². The predicted octanol–water partition coefficient (Wildman–Crippen LogP) is 2.34. The number of hydrogen-bond acceptors (Lipinski definition) is 3. The van der Waals surface area contributed by atoms with Crippen LogP contribution in [0, 0.1) is 0 Å². The Morgan fingerprint density at radius 1 is 1.06 bits per heavy atom. The molecule has 0 aromatic heterocycles. The average Bonchev–Trinajstić information content (AvgIpc) is 2.42. The summed E-state index contributed by atoms with van der Waals surface area (Å²) in [6.45, 7) is 7.01. The van der Waals surface area contributed by atoms with E-state index in [2.05, 4.69) is 12.2 Å². The largest absolute Gasteiger partial charge is 0.381 e. The fourth-order valence-electron chi connectivity index (χ4n) is 1.85. The van der Waals surface area contributed by atoms with Crippen LogP contribution >= 0.6 is 0 Å². The molecule has 1 rings (SSSR count). The van der Waals surface area contributed by atoms with Crippen LogP contribution in [0.4, 0.5) is 0 Å². The molecule has 1 heterocycles. The van der Waals surface area contributed by atoms with Gasteiger partial charge in [0, 0.05) is 26.4 Å². The standard InChI is InChI=1S/C14H28NO3/c1-2-3-5-9-16-10-6-4-7-11-17-14-13-15-8-12-18-14/h14H,2-13H2,1H3. The Hall–Kier alpha value is -0.160. The maximum Gasteiger partial charge on any atom is 0.171 e. The molecule has 4 heteroatoms. The van der Waals surface area contributed by atoms with Crippen LogP contribution in [0.5, 0.6) is 0 Å². The third kappa shape index (κ3) is 8.86. The SMILES string of the molecule is CCCCCOCCCCCOC1C[N]CCO1. The molecule has 1 saturated heterocycles. The van der Waals surface area contributed by atoms with Crippen LogP contribution in [0.3, 0.4) is 0 Å². The van der Waals surface area contributed by atoms with Crippen molar-refractivity contribution >= 4 is 0 Å². The Morgan fingerprint density at radius 2 is 1.83 bits per heavy atom.